The molecule has 0 atom stereocenters. The fourth-order valence-electron chi connectivity index (χ4n) is 3.57. The largest absolute Gasteiger partial charge is 0.347 e. The molecule has 6 heteroatoms. The zero-order valence-corrected chi connectivity index (χ0v) is 15.6. The Hall–Kier alpha value is -1.14. The van der Waals surface area contributed by atoms with Gasteiger partial charge in [0.2, 0.25) is 11.8 Å². The third-order valence-electron chi connectivity index (χ3n) is 4.97. The lowest BCUT2D eigenvalue weighted by molar-refractivity contribution is -0.190. The maximum atomic E-state index is 13.0. The van der Waals surface area contributed by atoms with Gasteiger partial charge in [-0.1, -0.05) is 13.8 Å². The fraction of sp³-hybridized carbons (Fsp3) is 0.889. The van der Waals surface area contributed by atoms with Gasteiger partial charge in [0.15, 0.2) is 5.79 Å². The molecule has 2 saturated heterocycles. The third kappa shape index (κ3) is 3.91. The Bertz CT molecular complexity index is 442. The fourth-order valence-corrected chi connectivity index (χ4v) is 3.57. The number of rotatable bonds is 6. The van der Waals surface area contributed by atoms with Crippen molar-refractivity contribution in [2.45, 2.75) is 59.2 Å². The molecular weight excluding hydrogens is 308 g/mol. The van der Waals surface area contributed by atoms with E-state index in [9.17, 15) is 9.59 Å². The summed E-state index contributed by atoms with van der Waals surface area (Å²) >= 11 is 0. The van der Waals surface area contributed by atoms with E-state index in [1.807, 2.05) is 4.90 Å². The second-order valence-corrected chi connectivity index (χ2v) is 7.32. The molecule has 1 spiro atoms. The van der Waals surface area contributed by atoms with Crippen LogP contribution in [0.3, 0.4) is 0 Å². The number of hydrogen-bond donors (Lipinski definition) is 0. The van der Waals surface area contributed by atoms with E-state index in [2.05, 4.69) is 13.8 Å². The van der Waals surface area contributed by atoms with Crippen molar-refractivity contribution in [2.24, 2.45) is 5.41 Å². The lowest BCUT2D eigenvalue weighted by Gasteiger charge is -2.41. The van der Waals surface area contributed by atoms with Gasteiger partial charge in [0.25, 0.3) is 0 Å². The van der Waals surface area contributed by atoms with E-state index in [0.717, 1.165) is 12.8 Å². The quantitative estimate of drug-likeness (QED) is 0.694. The highest BCUT2D eigenvalue weighted by Gasteiger charge is 2.46. The third-order valence-corrected chi connectivity index (χ3v) is 4.97. The van der Waals surface area contributed by atoms with Crippen LogP contribution in [0.2, 0.25) is 0 Å². The summed E-state index contributed by atoms with van der Waals surface area (Å²) in [4.78, 5) is 29.5. The molecule has 2 heterocycles. The number of hydrogen-bond acceptors (Lipinski definition) is 4. The van der Waals surface area contributed by atoms with Gasteiger partial charge in [0, 0.05) is 39.0 Å². The number of amides is 2. The molecule has 2 rings (SSSR count). The Kier molecular flexibility index (Phi) is 6.26. The summed E-state index contributed by atoms with van der Waals surface area (Å²) in [6.07, 6.45) is 3.15. The average Bonchev–Trinajstić information content (AvgIpc) is 3.02. The van der Waals surface area contributed by atoms with Crippen LogP contribution in [0, 0.1) is 5.41 Å². The summed E-state index contributed by atoms with van der Waals surface area (Å²) in [5.41, 5.74) is -1.02. The molecule has 2 fully saturated rings. The van der Waals surface area contributed by atoms with Crippen LogP contribution in [0.25, 0.3) is 0 Å². The van der Waals surface area contributed by atoms with Gasteiger partial charge >= 0.3 is 0 Å². The molecule has 0 unspecified atom stereocenters. The molecule has 0 aliphatic carbocycles. The smallest absolute Gasteiger partial charge is 0.237 e. The second kappa shape index (κ2) is 7.83. The lowest BCUT2D eigenvalue weighted by Crippen LogP contribution is -2.55. The topological polar surface area (TPSA) is 59.1 Å². The Balaban J connectivity index is 2.00. The van der Waals surface area contributed by atoms with Crippen LogP contribution in [0.15, 0.2) is 0 Å². The summed E-state index contributed by atoms with van der Waals surface area (Å²) in [7, 11) is 0. The van der Waals surface area contributed by atoms with Gasteiger partial charge in [-0.2, -0.15) is 0 Å². The molecule has 2 amide bonds. The van der Waals surface area contributed by atoms with E-state index < -0.39 is 11.2 Å². The van der Waals surface area contributed by atoms with Gasteiger partial charge in [-0.3, -0.25) is 9.59 Å². The van der Waals surface area contributed by atoms with E-state index in [-0.39, 0.29) is 11.8 Å². The van der Waals surface area contributed by atoms with Gasteiger partial charge in [-0.15, -0.1) is 0 Å². The normalized spacial score (nSPS) is 20.4. The Morgan fingerprint density at radius 1 is 1.04 bits per heavy atom. The van der Waals surface area contributed by atoms with Crippen LogP contribution in [-0.4, -0.2) is 66.8 Å². The summed E-state index contributed by atoms with van der Waals surface area (Å²) in [6.45, 7) is 11.4. The van der Waals surface area contributed by atoms with E-state index >= 15 is 0 Å². The molecule has 6 nitrogen and oxygen atoms in total. The first-order valence-corrected chi connectivity index (χ1v) is 9.23. The predicted octanol–water partition coefficient (Wildman–Crippen LogP) is 2.03. The Morgan fingerprint density at radius 2 is 1.54 bits per heavy atom. The van der Waals surface area contributed by atoms with Crippen LogP contribution in [-0.2, 0) is 19.1 Å². The minimum absolute atomic E-state index is 0.0650. The molecule has 24 heavy (non-hydrogen) atoms. The van der Waals surface area contributed by atoms with Crippen molar-refractivity contribution < 1.29 is 19.1 Å². The Morgan fingerprint density at radius 3 is 2.00 bits per heavy atom. The van der Waals surface area contributed by atoms with Gasteiger partial charge in [0.05, 0.1) is 13.2 Å². The lowest BCUT2D eigenvalue weighted by atomic mass is 9.88. The van der Waals surface area contributed by atoms with E-state index in [4.69, 9.17) is 9.47 Å². The van der Waals surface area contributed by atoms with Crippen molar-refractivity contribution in [2.75, 3.05) is 39.4 Å². The molecule has 2 aliphatic heterocycles. The van der Waals surface area contributed by atoms with Crippen molar-refractivity contribution in [1.82, 2.24) is 9.80 Å². The number of carbonyl (C=O) groups excluding carboxylic acids is 2. The van der Waals surface area contributed by atoms with Crippen LogP contribution in [0.5, 0.6) is 0 Å². The van der Waals surface area contributed by atoms with Crippen LogP contribution >= 0.6 is 0 Å². The summed E-state index contributed by atoms with van der Waals surface area (Å²) in [6, 6.07) is 0. The maximum Gasteiger partial charge on any atom is 0.237 e. The first-order chi connectivity index (χ1) is 11.4. The van der Waals surface area contributed by atoms with E-state index in [0.29, 0.717) is 52.2 Å². The number of likely N-dealkylation sites (tertiary alicyclic amines) is 1. The van der Waals surface area contributed by atoms with Gasteiger partial charge in [0.1, 0.15) is 5.41 Å². The van der Waals surface area contributed by atoms with Crippen LogP contribution < -0.4 is 0 Å². The highest BCUT2D eigenvalue weighted by Crippen LogP contribution is 2.33. The first-order valence-electron chi connectivity index (χ1n) is 9.23. The zero-order valence-electron chi connectivity index (χ0n) is 15.6. The van der Waals surface area contributed by atoms with Gasteiger partial charge in [-0.25, -0.2) is 0 Å². The van der Waals surface area contributed by atoms with Crippen molar-refractivity contribution in [1.29, 1.82) is 0 Å². The molecule has 0 bridgehead atoms. The highest BCUT2D eigenvalue weighted by atomic mass is 16.7. The highest BCUT2D eigenvalue weighted by molar-refractivity contribution is 6.04. The number of carbonyl (C=O) groups is 2. The first kappa shape index (κ1) is 19.2. The summed E-state index contributed by atoms with van der Waals surface area (Å²) < 4.78 is 11.4. The number of nitrogens with zero attached hydrogens (tertiary/aromatic N) is 2. The molecule has 0 aromatic carbocycles. The zero-order chi connectivity index (χ0) is 17.8. The average molecular weight is 340 g/mol. The minimum atomic E-state index is -1.02. The molecule has 2 aliphatic rings. The number of ether oxygens (including phenoxy) is 2. The van der Waals surface area contributed by atoms with E-state index in [1.54, 1.807) is 18.7 Å². The SMILES string of the molecule is CCCN(CCC)C(=O)C(C)(C)C(=O)N1CCC2(CC1)OCCO2. The molecule has 0 aromatic rings. The minimum Gasteiger partial charge on any atom is -0.347 e. The predicted molar refractivity (Wildman–Crippen MR) is 91.4 cm³/mol. The van der Waals surface area contributed by atoms with Crippen molar-refractivity contribution >= 4 is 11.8 Å². The monoisotopic (exact) mass is 340 g/mol. The molecule has 138 valence electrons. The van der Waals surface area contributed by atoms with Crippen molar-refractivity contribution in [3.8, 4) is 0 Å². The van der Waals surface area contributed by atoms with Gasteiger partial charge < -0.3 is 19.3 Å². The Labute approximate surface area is 145 Å². The molecule has 0 radical (unpaired) electrons. The maximum absolute atomic E-state index is 13.0. The molecule has 0 saturated carbocycles. The number of piperidine rings is 1. The molecular formula is C18H32N2O4. The molecule has 0 aromatic heterocycles. The summed E-state index contributed by atoms with van der Waals surface area (Å²) in [5.74, 6) is -0.649. The van der Waals surface area contributed by atoms with Gasteiger partial charge in [-0.05, 0) is 26.7 Å². The van der Waals surface area contributed by atoms with E-state index in [1.165, 1.54) is 0 Å². The van der Waals surface area contributed by atoms with Crippen molar-refractivity contribution in [3.63, 3.8) is 0 Å². The van der Waals surface area contributed by atoms with Crippen molar-refractivity contribution in [3.05, 3.63) is 0 Å². The standard InChI is InChI=1S/C18H32N2O4/c1-5-9-19(10-6-2)15(21)17(3,4)16(22)20-11-7-18(8-12-20)23-13-14-24-18/h5-14H2,1-4H3. The second-order valence-electron chi connectivity index (χ2n) is 7.32. The van der Waals surface area contributed by atoms with Crippen LogP contribution in [0.4, 0.5) is 0 Å². The van der Waals surface area contributed by atoms with Crippen LogP contribution in [0.1, 0.15) is 53.4 Å². The summed E-state index contributed by atoms with van der Waals surface area (Å²) in [5, 5.41) is 0. The molecule has 0 N–H and O–H groups in total.